The third-order valence-electron chi connectivity index (χ3n) is 4.01. The Kier molecular flexibility index (Phi) is 3.85. The SMILES string of the molecule is Cc1cc(F)ccc1-n1ccc(C(=O)N2CCCC2C(=O)O)n1. The van der Waals surface area contributed by atoms with Crippen molar-refractivity contribution in [2.75, 3.05) is 6.54 Å². The molecule has 0 aliphatic carbocycles. The second kappa shape index (κ2) is 5.83. The number of rotatable bonds is 3. The van der Waals surface area contributed by atoms with Crippen molar-refractivity contribution in [2.45, 2.75) is 25.8 Å². The Hall–Kier alpha value is -2.70. The van der Waals surface area contributed by atoms with Gasteiger partial charge in [-0.1, -0.05) is 0 Å². The Morgan fingerprint density at radius 3 is 2.83 bits per heavy atom. The van der Waals surface area contributed by atoms with E-state index in [0.29, 0.717) is 30.6 Å². The van der Waals surface area contributed by atoms with Gasteiger partial charge in [-0.2, -0.15) is 5.10 Å². The molecule has 1 aromatic carbocycles. The first-order valence-electron chi connectivity index (χ1n) is 7.33. The molecule has 0 radical (unpaired) electrons. The van der Waals surface area contributed by atoms with Gasteiger partial charge in [0.15, 0.2) is 5.69 Å². The third-order valence-corrected chi connectivity index (χ3v) is 4.01. The van der Waals surface area contributed by atoms with Crippen LogP contribution in [0.4, 0.5) is 4.39 Å². The summed E-state index contributed by atoms with van der Waals surface area (Å²) in [6.07, 6.45) is 2.73. The lowest BCUT2D eigenvalue weighted by Gasteiger charge is -2.20. The van der Waals surface area contributed by atoms with Gasteiger partial charge < -0.3 is 10.0 Å². The minimum atomic E-state index is -0.996. The lowest BCUT2D eigenvalue weighted by atomic mass is 10.2. The molecule has 0 spiro atoms. The second-order valence-corrected chi connectivity index (χ2v) is 5.57. The number of carbonyl (C=O) groups is 2. The minimum absolute atomic E-state index is 0.182. The van der Waals surface area contributed by atoms with Gasteiger partial charge in [-0.05, 0) is 49.6 Å². The van der Waals surface area contributed by atoms with Crippen LogP contribution in [0.15, 0.2) is 30.5 Å². The van der Waals surface area contributed by atoms with Gasteiger partial charge in [0.1, 0.15) is 11.9 Å². The molecule has 23 heavy (non-hydrogen) atoms. The maximum Gasteiger partial charge on any atom is 0.326 e. The average Bonchev–Trinajstić information content (AvgIpc) is 3.16. The molecule has 1 amide bonds. The molecule has 120 valence electrons. The van der Waals surface area contributed by atoms with Crippen molar-refractivity contribution in [2.24, 2.45) is 0 Å². The standard InChI is InChI=1S/C16H16FN3O3/c1-10-9-11(17)4-5-13(10)20-8-6-12(18-20)15(21)19-7-2-3-14(19)16(22)23/h4-6,8-9,14H,2-3,7H2,1H3,(H,22,23). The van der Waals surface area contributed by atoms with E-state index in [2.05, 4.69) is 5.10 Å². The molecule has 1 saturated heterocycles. The number of carboxylic acids is 1. The fraction of sp³-hybridized carbons (Fsp3) is 0.312. The first-order chi connectivity index (χ1) is 11.0. The largest absolute Gasteiger partial charge is 0.480 e. The number of carboxylic acid groups (broad SMARTS) is 1. The number of hydrogen-bond acceptors (Lipinski definition) is 3. The monoisotopic (exact) mass is 317 g/mol. The maximum atomic E-state index is 13.2. The Morgan fingerprint density at radius 1 is 1.35 bits per heavy atom. The summed E-state index contributed by atoms with van der Waals surface area (Å²) < 4.78 is 14.7. The number of aromatic nitrogens is 2. The van der Waals surface area contributed by atoms with Gasteiger partial charge in [0.25, 0.3) is 5.91 Å². The van der Waals surface area contributed by atoms with E-state index in [1.807, 2.05) is 0 Å². The Bertz CT molecular complexity index is 772. The molecular formula is C16H16FN3O3. The predicted molar refractivity (Wildman–Crippen MR) is 80.0 cm³/mol. The summed E-state index contributed by atoms with van der Waals surface area (Å²) in [4.78, 5) is 25.0. The quantitative estimate of drug-likeness (QED) is 0.939. The van der Waals surface area contributed by atoms with Crippen LogP contribution in [0.5, 0.6) is 0 Å². The molecule has 1 atom stereocenters. The van der Waals surface area contributed by atoms with Crippen molar-refractivity contribution < 1.29 is 19.1 Å². The zero-order valence-electron chi connectivity index (χ0n) is 12.6. The summed E-state index contributed by atoms with van der Waals surface area (Å²) in [7, 11) is 0. The fourth-order valence-corrected chi connectivity index (χ4v) is 2.86. The molecule has 2 heterocycles. The Labute approximate surface area is 132 Å². The number of amides is 1. The molecule has 6 nitrogen and oxygen atoms in total. The molecule has 2 aromatic rings. The Balaban J connectivity index is 1.87. The summed E-state index contributed by atoms with van der Waals surface area (Å²) in [5, 5.41) is 13.4. The highest BCUT2D eigenvalue weighted by Crippen LogP contribution is 2.21. The van der Waals surface area contributed by atoms with Gasteiger partial charge in [-0.25, -0.2) is 13.9 Å². The summed E-state index contributed by atoms with van der Waals surface area (Å²) in [6, 6.07) is 5.05. The zero-order valence-corrected chi connectivity index (χ0v) is 12.6. The van der Waals surface area contributed by atoms with Crippen LogP contribution in [0.1, 0.15) is 28.9 Å². The summed E-state index contributed by atoms with van der Waals surface area (Å²) in [6.45, 7) is 2.17. The second-order valence-electron chi connectivity index (χ2n) is 5.57. The lowest BCUT2D eigenvalue weighted by molar-refractivity contribution is -0.141. The van der Waals surface area contributed by atoms with E-state index < -0.39 is 17.9 Å². The van der Waals surface area contributed by atoms with Crippen LogP contribution in [-0.4, -0.2) is 44.3 Å². The molecule has 1 aliphatic rings. The first kappa shape index (κ1) is 15.2. The normalized spacial score (nSPS) is 17.5. The number of likely N-dealkylation sites (tertiary alicyclic amines) is 1. The van der Waals surface area contributed by atoms with Crippen molar-refractivity contribution in [1.82, 2.24) is 14.7 Å². The minimum Gasteiger partial charge on any atom is -0.480 e. The van der Waals surface area contributed by atoms with E-state index in [9.17, 15) is 19.1 Å². The molecular weight excluding hydrogens is 301 g/mol. The highest BCUT2D eigenvalue weighted by atomic mass is 19.1. The van der Waals surface area contributed by atoms with Gasteiger partial charge in [-0.3, -0.25) is 4.79 Å². The van der Waals surface area contributed by atoms with Gasteiger partial charge in [0.2, 0.25) is 0 Å². The molecule has 0 bridgehead atoms. The number of carbonyl (C=O) groups excluding carboxylic acids is 1. The molecule has 1 fully saturated rings. The van der Waals surface area contributed by atoms with E-state index in [4.69, 9.17) is 0 Å². The molecule has 3 rings (SSSR count). The summed E-state index contributed by atoms with van der Waals surface area (Å²) in [5.74, 6) is -1.73. The predicted octanol–water partition coefficient (Wildman–Crippen LogP) is 2.01. The van der Waals surface area contributed by atoms with Crippen molar-refractivity contribution in [3.63, 3.8) is 0 Å². The van der Waals surface area contributed by atoms with Crippen LogP contribution in [0.25, 0.3) is 5.69 Å². The zero-order chi connectivity index (χ0) is 16.6. The average molecular weight is 317 g/mol. The van der Waals surface area contributed by atoms with Crippen molar-refractivity contribution >= 4 is 11.9 Å². The van der Waals surface area contributed by atoms with Crippen LogP contribution in [0.2, 0.25) is 0 Å². The van der Waals surface area contributed by atoms with Crippen LogP contribution >= 0.6 is 0 Å². The molecule has 0 saturated carbocycles. The van der Waals surface area contributed by atoms with E-state index in [-0.39, 0.29) is 11.5 Å². The molecule has 1 unspecified atom stereocenters. The van der Waals surface area contributed by atoms with Crippen LogP contribution in [-0.2, 0) is 4.79 Å². The number of benzene rings is 1. The number of hydrogen-bond donors (Lipinski definition) is 1. The van der Waals surface area contributed by atoms with Crippen molar-refractivity contribution in [3.05, 3.63) is 47.5 Å². The summed E-state index contributed by atoms with van der Waals surface area (Å²) in [5.41, 5.74) is 1.54. The fourth-order valence-electron chi connectivity index (χ4n) is 2.86. The lowest BCUT2D eigenvalue weighted by Crippen LogP contribution is -2.40. The highest BCUT2D eigenvalue weighted by Gasteiger charge is 2.35. The topological polar surface area (TPSA) is 75.4 Å². The van der Waals surface area contributed by atoms with Crippen LogP contribution in [0, 0.1) is 12.7 Å². The molecule has 1 N–H and O–H groups in total. The highest BCUT2D eigenvalue weighted by molar-refractivity contribution is 5.95. The van der Waals surface area contributed by atoms with Gasteiger partial charge in [0, 0.05) is 12.7 Å². The van der Waals surface area contributed by atoms with Crippen molar-refractivity contribution in [1.29, 1.82) is 0 Å². The number of aliphatic carboxylic acids is 1. The number of aryl methyl sites for hydroxylation is 1. The van der Waals surface area contributed by atoms with Gasteiger partial charge in [0.05, 0.1) is 5.69 Å². The third kappa shape index (κ3) is 2.81. The van der Waals surface area contributed by atoms with Gasteiger partial charge >= 0.3 is 5.97 Å². The smallest absolute Gasteiger partial charge is 0.326 e. The van der Waals surface area contributed by atoms with E-state index in [1.54, 1.807) is 25.3 Å². The van der Waals surface area contributed by atoms with Crippen LogP contribution in [0.3, 0.4) is 0 Å². The summed E-state index contributed by atoms with van der Waals surface area (Å²) >= 11 is 0. The number of halogens is 1. The molecule has 1 aliphatic heterocycles. The number of nitrogens with zero attached hydrogens (tertiary/aromatic N) is 3. The maximum absolute atomic E-state index is 13.2. The van der Waals surface area contributed by atoms with Gasteiger partial charge in [-0.15, -0.1) is 0 Å². The first-order valence-corrected chi connectivity index (χ1v) is 7.33. The Morgan fingerprint density at radius 2 is 2.13 bits per heavy atom. The molecule has 1 aromatic heterocycles. The van der Waals surface area contributed by atoms with Crippen LogP contribution < -0.4 is 0 Å². The van der Waals surface area contributed by atoms with E-state index in [0.717, 1.165) is 0 Å². The van der Waals surface area contributed by atoms with E-state index in [1.165, 1.54) is 21.7 Å². The van der Waals surface area contributed by atoms with E-state index >= 15 is 0 Å². The molecule has 7 heteroatoms. The van der Waals surface area contributed by atoms with Crippen molar-refractivity contribution in [3.8, 4) is 5.69 Å².